The summed E-state index contributed by atoms with van der Waals surface area (Å²) in [7, 11) is 0. The topological polar surface area (TPSA) is 45.1 Å². The molecule has 0 unspecified atom stereocenters. The number of phenolic OH excluding ortho intramolecular Hbond substituents is 1. The minimum absolute atomic E-state index is 0.221. The molecule has 0 spiro atoms. The Morgan fingerprint density at radius 3 is 2.88 bits per heavy atom. The van der Waals surface area contributed by atoms with E-state index in [1.54, 1.807) is 18.2 Å². The summed E-state index contributed by atoms with van der Waals surface area (Å²) >= 11 is 0. The van der Waals surface area contributed by atoms with Gasteiger partial charge < -0.3 is 14.7 Å². The van der Waals surface area contributed by atoms with Crippen molar-refractivity contribution in [1.82, 2.24) is 4.90 Å². The summed E-state index contributed by atoms with van der Waals surface area (Å²) in [5.74, 6) is 1.90. The SMILES string of the molecule is Oc1ccc2c(c1)OCC(N1CCCC1)=N2. The number of aliphatic imine (C=N–C) groups is 1. The predicted octanol–water partition coefficient (Wildman–Crippen LogP) is 1.91. The smallest absolute Gasteiger partial charge is 0.149 e. The number of amidine groups is 1. The molecule has 0 atom stereocenters. The van der Waals surface area contributed by atoms with E-state index in [-0.39, 0.29) is 5.75 Å². The van der Waals surface area contributed by atoms with E-state index >= 15 is 0 Å². The monoisotopic (exact) mass is 218 g/mol. The molecule has 1 N–H and O–H groups in total. The molecule has 1 aromatic carbocycles. The van der Waals surface area contributed by atoms with Crippen LogP contribution in [0.25, 0.3) is 0 Å². The van der Waals surface area contributed by atoms with E-state index in [1.807, 2.05) is 0 Å². The molecule has 0 bridgehead atoms. The third-order valence-corrected chi connectivity index (χ3v) is 3.02. The van der Waals surface area contributed by atoms with Crippen LogP contribution in [-0.2, 0) is 0 Å². The Bertz CT molecular complexity index is 437. The lowest BCUT2D eigenvalue weighted by Gasteiger charge is -2.24. The largest absolute Gasteiger partial charge is 0.508 e. The van der Waals surface area contributed by atoms with Crippen molar-refractivity contribution in [3.05, 3.63) is 18.2 Å². The Balaban J connectivity index is 1.91. The molecule has 1 saturated heterocycles. The molecule has 84 valence electrons. The van der Waals surface area contributed by atoms with Crippen molar-refractivity contribution < 1.29 is 9.84 Å². The molecule has 4 heteroatoms. The fraction of sp³-hybridized carbons (Fsp3) is 0.417. The van der Waals surface area contributed by atoms with E-state index in [0.717, 1.165) is 24.6 Å². The Morgan fingerprint density at radius 2 is 2.06 bits per heavy atom. The van der Waals surface area contributed by atoms with Gasteiger partial charge in [-0.3, -0.25) is 0 Å². The van der Waals surface area contributed by atoms with Crippen LogP contribution in [0, 0.1) is 0 Å². The Kier molecular flexibility index (Phi) is 2.20. The number of nitrogens with zero attached hydrogens (tertiary/aromatic N) is 2. The average Bonchev–Trinajstić information content (AvgIpc) is 2.82. The van der Waals surface area contributed by atoms with Crippen LogP contribution in [0.15, 0.2) is 23.2 Å². The lowest BCUT2D eigenvalue weighted by molar-refractivity contribution is 0.342. The summed E-state index contributed by atoms with van der Waals surface area (Å²) in [6, 6.07) is 5.04. The molecule has 1 fully saturated rings. The maximum Gasteiger partial charge on any atom is 0.149 e. The molecule has 16 heavy (non-hydrogen) atoms. The second-order valence-corrected chi connectivity index (χ2v) is 4.16. The van der Waals surface area contributed by atoms with Gasteiger partial charge in [0, 0.05) is 19.2 Å². The van der Waals surface area contributed by atoms with Gasteiger partial charge in [0.15, 0.2) is 0 Å². The van der Waals surface area contributed by atoms with Gasteiger partial charge in [0.2, 0.25) is 0 Å². The van der Waals surface area contributed by atoms with Crippen molar-refractivity contribution in [2.45, 2.75) is 12.8 Å². The van der Waals surface area contributed by atoms with E-state index < -0.39 is 0 Å². The van der Waals surface area contributed by atoms with Gasteiger partial charge in [-0.1, -0.05) is 0 Å². The molecule has 2 aliphatic rings. The average molecular weight is 218 g/mol. The molecule has 0 aromatic heterocycles. The van der Waals surface area contributed by atoms with E-state index in [1.165, 1.54) is 12.8 Å². The zero-order valence-electron chi connectivity index (χ0n) is 9.02. The summed E-state index contributed by atoms with van der Waals surface area (Å²) in [5.41, 5.74) is 0.811. The first-order valence-corrected chi connectivity index (χ1v) is 5.61. The second kappa shape index (κ2) is 3.70. The van der Waals surface area contributed by atoms with E-state index in [2.05, 4.69) is 9.89 Å². The highest BCUT2D eigenvalue weighted by molar-refractivity contribution is 5.89. The summed E-state index contributed by atoms with van der Waals surface area (Å²) in [5, 5.41) is 9.33. The zero-order chi connectivity index (χ0) is 11.0. The van der Waals surface area contributed by atoms with Crippen LogP contribution in [0.4, 0.5) is 5.69 Å². The Labute approximate surface area is 94.2 Å². The molecule has 0 radical (unpaired) electrons. The highest BCUT2D eigenvalue weighted by atomic mass is 16.5. The molecule has 2 heterocycles. The number of hydrogen-bond acceptors (Lipinski definition) is 4. The highest BCUT2D eigenvalue weighted by Crippen LogP contribution is 2.34. The molecule has 2 aliphatic heterocycles. The van der Waals surface area contributed by atoms with Gasteiger partial charge in [-0.05, 0) is 25.0 Å². The molecule has 0 saturated carbocycles. The van der Waals surface area contributed by atoms with Crippen molar-refractivity contribution >= 4 is 11.5 Å². The van der Waals surface area contributed by atoms with Crippen molar-refractivity contribution in [1.29, 1.82) is 0 Å². The van der Waals surface area contributed by atoms with Crippen molar-refractivity contribution in [3.8, 4) is 11.5 Å². The molecule has 0 amide bonds. The molecular formula is C12H14N2O2. The lowest BCUT2D eigenvalue weighted by Crippen LogP contribution is -2.33. The number of rotatable bonds is 0. The maximum absolute atomic E-state index is 9.33. The van der Waals surface area contributed by atoms with Crippen LogP contribution in [0.5, 0.6) is 11.5 Å². The van der Waals surface area contributed by atoms with Gasteiger partial charge in [0.1, 0.15) is 29.6 Å². The number of aromatic hydroxyl groups is 1. The van der Waals surface area contributed by atoms with Crippen LogP contribution >= 0.6 is 0 Å². The zero-order valence-corrected chi connectivity index (χ0v) is 9.02. The number of hydrogen-bond donors (Lipinski definition) is 1. The third kappa shape index (κ3) is 1.60. The first-order chi connectivity index (χ1) is 7.83. The van der Waals surface area contributed by atoms with Crippen LogP contribution in [0.1, 0.15) is 12.8 Å². The normalized spacial score (nSPS) is 19.0. The van der Waals surface area contributed by atoms with Gasteiger partial charge >= 0.3 is 0 Å². The van der Waals surface area contributed by atoms with E-state index in [0.29, 0.717) is 12.4 Å². The summed E-state index contributed by atoms with van der Waals surface area (Å²) < 4.78 is 5.60. The molecular weight excluding hydrogens is 204 g/mol. The number of likely N-dealkylation sites (tertiary alicyclic amines) is 1. The summed E-state index contributed by atoms with van der Waals surface area (Å²) in [6.07, 6.45) is 2.48. The van der Waals surface area contributed by atoms with Crippen molar-refractivity contribution in [2.24, 2.45) is 4.99 Å². The standard InChI is InChI=1S/C12H14N2O2/c15-9-3-4-10-11(7-9)16-8-12(13-10)14-5-1-2-6-14/h3-4,7,15H,1-2,5-6,8H2. The van der Waals surface area contributed by atoms with Crippen molar-refractivity contribution in [3.63, 3.8) is 0 Å². The Morgan fingerprint density at radius 1 is 1.25 bits per heavy atom. The number of phenols is 1. The first-order valence-electron chi connectivity index (χ1n) is 5.61. The summed E-state index contributed by atoms with van der Waals surface area (Å²) in [6.45, 7) is 2.67. The molecule has 3 rings (SSSR count). The first kappa shape index (κ1) is 9.51. The minimum atomic E-state index is 0.221. The Hall–Kier alpha value is -1.71. The van der Waals surface area contributed by atoms with Crippen LogP contribution in [0.2, 0.25) is 0 Å². The minimum Gasteiger partial charge on any atom is -0.508 e. The maximum atomic E-state index is 9.33. The molecule has 1 aromatic rings. The second-order valence-electron chi connectivity index (χ2n) is 4.16. The van der Waals surface area contributed by atoms with Gasteiger partial charge in [0.05, 0.1) is 0 Å². The van der Waals surface area contributed by atoms with Crippen LogP contribution in [-0.4, -0.2) is 35.5 Å². The quantitative estimate of drug-likeness (QED) is 0.723. The van der Waals surface area contributed by atoms with Crippen LogP contribution in [0.3, 0.4) is 0 Å². The number of fused-ring (bicyclic) bond motifs is 1. The van der Waals surface area contributed by atoms with E-state index in [4.69, 9.17) is 4.74 Å². The highest BCUT2D eigenvalue weighted by Gasteiger charge is 2.21. The van der Waals surface area contributed by atoms with Crippen molar-refractivity contribution in [2.75, 3.05) is 19.7 Å². The number of ether oxygens (including phenoxy) is 1. The van der Waals surface area contributed by atoms with Gasteiger partial charge in [-0.2, -0.15) is 0 Å². The lowest BCUT2D eigenvalue weighted by atomic mass is 10.2. The number of benzene rings is 1. The van der Waals surface area contributed by atoms with Gasteiger partial charge in [-0.15, -0.1) is 0 Å². The van der Waals surface area contributed by atoms with E-state index in [9.17, 15) is 5.11 Å². The predicted molar refractivity (Wildman–Crippen MR) is 61.5 cm³/mol. The third-order valence-electron chi connectivity index (χ3n) is 3.02. The van der Waals surface area contributed by atoms with Gasteiger partial charge in [-0.25, -0.2) is 4.99 Å². The molecule has 0 aliphatic carbocycles. The fourth-order valence-corrected chi connectivity index (χ4v) is 2.16. The van der Waals surface area contributed by atoms with Crippen LogP contribution < -0.4 is 4.74 Å². The van der Waals surface area contributed by atoms with Gasteiger partial charge in [0.25, 0.3) is 0 Å². The summed E-state index contributed by atoms with van der Waals surface area (Å²) in [4.78, 5) is 6.85. The fourth-order valence-electron chi connectivity index (χ4n) is 2.16. The molecule has 4 nitrogen and oxygen atoms in total.